The van der Waals surface area contributed by atoms with Crippen molar-refractivity contribution in [3.05, 3.63) is 23.8 Å². The van der Waals surface area contributed by atoms with Crippen LogP contribution in [0, 0.1) is 6.92 Å². The predicted molar refractivity (Wildman–Crippen MR) is 83.3 cm³/mol. The van der Waals surface area contributed by atoms with Crippen molar-refractivity contribution < 1.29 is 17.9 Å². The highest BCUT2D eigenvalue weighted by atomic mass is 32.2. The summed E-state index contributed by atoms with van der Waals surface area (Å²) in [6, 6.07) is 4.32. The molecule has 1 fully saturated rings. The average Bonchev–Trinajstić information content (AvgIpc) is 2.98. The number of carbonyl (C=O) groups is 1. The van der Waals surface area contributed by atoms with E-state index in [1.165, 1.54) is 17.5 Å². The lowest BCUT2D eigenvalue weighted by molar-refractivity contribution is -0.124. The van der Waals surface area contributed by atoms with Gasteiger partial charge in [0, 0.05) is 19.2 Å². The van der Waals surface area contributed by atoms with E-state index < -0.39 is 16.1 Å². The molecule has 22 heavy (non-hydrogen) atoms. The van der Waals surface area contributed by atoms with Gasteiger partial charge in [0.25, 0.3) is 0 Å². The lowest BCUT2D eigenvalue weighted by atomic mass is 10.2. The Morgan fingerprint density at radius 3 is 2.82 bits per heavy atom. The first-order valence-electron chi connectivity index (χ1n) is 7.36. The van der Waals surface area contributed by atoms with Gasteiger partial charge in [-0.3, -0.25) is 4.79 Å². The number of rotatable bonds is 5. The molecule has 0 radical (unpaired) electrons. The number of amides is 1. The molecule has 0 saturated carbocycles. The number of benzene rings is 1. The highest BCUT2D eigenvalue weighted by molar-refractivity contribution is 7.89. The van der Waals surface area contributed by atoms with Crippen LogP contribution in [-0.2, 0) is 14.8 Å². The fraction of sp³-hybridized carbons (Fsp3) is 0.533. The van der Waals surface area contributed by atoms with Crippen LogP contribution in [0.5, 0.6) is 5.75 Å². The standard InChI is InChI=1S/C15H22N2O4S/c1-4-16-15(18)13-6-5-9-17(13)22(19,20)14-10-12(21-3)8-7-11(14)2/h7-8,10,13H,4-6,9H2,1-3H3,(H,16,18). The Kier molecular flexibility index (Phi) is 5.08. The zero-order valence-electron chi connectivity index (χ0n) is 13.1. The van der Waals surface area contributed by atoms with E-state index in [-0.39, 0.29) is 10.8 Å². The van der Waals surface area contributed by atoms with E-state index in [0.717, 1.165) is 0 Å². The van der Waals surface area contributed by atoms with Crippen molar-refractivity contribution in [2.75, 3.05) is 20.2 Å². The largest absolute Gasteiger partial charge is 0.497 e. The van der Waals surface area contributed by atoms with Crippen LogP contribution in [0.2, 0.25) is 0 Å². The van der Waals surface area contributed by atoms with Crippen LogP contribution in [0.15, 0.2) is 23.1 Å². The molecule has 0 aromatic heterocycles. The second kappa shape index (κ2) is 6.66. The molecule has 0 aliphatic carbocycles. The van der Waals surface area contributed by atoms with E-state index in [2.05, 4.69) is 5.32 Å². The van der Waals surface area contributed by atoms with Gasteiger partial charge in [-0.25, -0.2) is 8.42 Å². The van der Waals surface area contributed by atoms with Gasteiger partial charge in [0.15, 0.2) is 0 Å². The zero-order chi connectivity index (χ0) is 16.3. The van der Waals surface area contributed by atoms with Crippen molar-refractivity contribution in [2.45, 2.75) is 37.6 Å². The molecular formula is C15H22N2O4S. The minimum absolute atomic E-state index is 0.197. The normalized spacial score (nSPS) is 19.1. The Morgan fingerprint density at radius 1 is 1.45 bits per heavy atom. The van der Waals surface area contributed by atoms with E-state index in [1.807, 2.05) is 6.92 Å². The quantitative estimate of drug-likeness (QED) is 0.885. The van der Waals surface area contributed by atoms with E-state index in [0.29, 0.717) is 37.2 Å². The van der Waals surface area contributed by atoms with Gasteiger partial charge < -0.3 is 10.1 Å². The van der Waals surface area contributed by atoms with Gasteiger partial charge in [-0.1, -0.05) is 6.07 Å². The van der Waals surface area contributed by atoms with Gasteiger partial charge in [0.1, 0.15) is 11.8 Å². The van der Waals surface area contributed by atoms with E-state index >= 15 is 0 Å². The monoisotopic (exact) mass is 326 g/mol. The summed E-state index contributed by atoms with van der Waals surface area (Å²) in [5, 5.41) is 2.71. The maximum absolute atomic E-state index is 12.9. The highest BCUT2D eigenvalue weighted by Gasteiger charge is 2.39. The number of hydrogen-bond donors (Lipinski definition) is 1. The number of carbonyl (C=O) groups excluding carboxylic acids is 1. The number of hydrogen-bond acceptors (Lipinski definition) is 4. The average molecular weight is 326 g/mol. The molecule has 1 aromatic carbocycles. The summed E-state index contributed by atoms with van der Waals surface area (Å²) in [7, 11) is -2.23. The Morgan fingerprint density at radius 2 is 2.18 bits per heavy atom. The summed E-state index contributed by atoms with van der Waals surface area (Å²) >= 11 is 0. The number of nitrogens with one attached hydrogen (secondary N) is 1. The molecule has 1 heterocycles. The summed E-state index contributed by atoms with van der Waals surface area (Å²) in [5.74, 6) is 0.252. The number of aryl methyl sites for hydroxylation is 1. The molecule has 0 spiro atoms. The smallest absolute Gasteiger partial charge is 0.244 e. The van der Waals surface area contributed by atoms with Crippen LogP contribution < -0.4 is 10.1 Å². The lowest BCUT2D eigenvalue weighted by Crippen LogP contribution is -2.45. The molecule has 1 saturated heterocycles. The van der Waals surface area contributed by atoms with Crippen LogP contribution in [0.1, 0.15) is 25.3 Å². The fourth-order valence-electron chi connectivity index (χ4n) is 2.69. The molecule has 0 bridgehead atoms. The highest BCUT2D eigenvalue weighted by Crippen LogP contribution is 2.30. The molecule has 6 nitrogen and oxygen atoms in total. The molecule has 1 unspecified atom stereocenters. The molecule has 1 aromatic rings. The maximum atomic E-state index is 12.9. The molecule has 2 rings (SSSR count). The molecule has 7 heteroatoms. The molecule has 122 valence electrons. The molecule has 1 aliphatic heterocycles. The Hall–Kier alpha value is -1.60. The first kappa shape index (κ1) is 16.8. The van der Waals surface area contributed by atoms with Crippen molar-refractivity contribution in [2.24, 2.45) is 0 Å². The molecule has 1 amide bonds. The van der Waals surface area contributed by atoms with Gasteiger partial charge >= 0.3 is 0 Å². The summed E-state index contributed by atoms with van der Waals surface area (Å²) in [6.45, 7) is 4.41. The molecule has 1 aliphatic rings. The number of sulfonamides is 1. The third-order valence-electron chi connectivity index (χ3n) is 3.84. The Bertz CT molecular complexity index is 658. The van der Waals surface area contributed by atoms with Crippen molar-refractivity contribution >= 4 is 15.9 Å². The van der Waals surface area contributed by atoms with Crippen LogP contribution >= 0.6 is 0 Å². The first-order valence-corrected chi connectivity index (χ1v) is 8.80. The van der Waals surface area contributed by atoms with Crippen LogP contribution in [0.4, 0.5) is 0 Å². The van der Waals surface area contributed by atoms with Crippen LogP contribution in [-0.4, -0.2) is 44.9 Å². The third kappa shape index (κ3) is 3.10. The summed E-state index contributed by atoms with van der Waals surface area (Å²) in [5.41, 5.74) is 0.641. The predicted octanol–water partition coefficient (Wildman–Crippen LogP) is 1.29. The SMILES string of the molecule is CCNC(=O)C1CCCN1S(=O)(=O)c1cc(OC)ccc1C. The molecular weight excluding hydrogens is 304 g/mol. The second-order valence-corrected chi connectivity index (χ2v) is 7.16. The minimum atomic E-state index is -3.72. The van der Waals surface area contributed by atoms with E-state index in [4.69, 9.17) is 4.74 Å². The van der Waals surface area contributed by atoms with Gasteiger partial charge in [-0.2, -0.15) is 4.31 Å². The van der Waals surface area contributed by atoms with E-state index in [1.54, 1.807) is 19.1 Å². The van der Waals surface area contributed by atoms with Crippen LogP contribution in [0.25, 0.3) is 0 Å². The summed E-state index contributed by atoms with van der Waals surface area (Å²) in [6.07, 6.45) is 1.23. The minimum Gasteiger partial charge on any atom is -0.497 e. The Labute approximate surface area is 131 Å². The van der Waals surface area contributed by atoms with Crippen LogP contribution in [0.3, 0.4) is 0 Å². The second-order valence-electron chi connectivity index (χ2n) is 5.30. The van der Waals surface area contributed by atoms with Crippen molar-refractivity contribution in [1.82, 2.24) is 9.62 Å². The van der Waals surface area contributed by atoms with Gasteiger partial charge in [-0.05, 0) is 38.3 Å². The molecule has 1 N–H and O–H groups in total. The maximum Gasteiger partial charge on any atom is 0.244 e. The van der Waals surface area contributed by atoms with Gasteiger partial charge in [0.2, 0.25) is 15.9 Å². The van der Waals surface area contributed by atoms with E-state index in [9.17, 15) is 13.2 Å². The summed E-state index contributed by atoms with van der Waals surface area (Å²) < 4.78 is 32.3. The number of nitrogens with zero attached hydrogens (tertiary/aromatic N) is 1. The first-order chi connectivity index (χ1) is 10.4. The number of likely N-dealkylation sites (N-methyl/N-ethyl adjacent to an activating group) is 1. The number of ether oxygens (including phenoxy) is 1. The fourth-order valence-corrected chi connectivity index (χ4v) is 4.59. The zero-order valence-corrected chi connectivity index (χ0v) is 13.9. The van der Waals surface area contributed by atoms with Gasteiger partial charge in [-0.15, -0.1) is 0 Å². The number of methoxy groups -OCH3 is 1. The molecule has 1 atom stereocenters. The van der Waals surface area contributed by atoms with Gasteiger partial charge in [0.05, 0.1) is 12.0 Å². The van der Waals surface area contributed by atoms with Crippen molar-refractivity contribution in [1.29, 1.82) is 0 Å². The van der Waals surface area contributed by atoms with Crippen molar-refractivity contribution in [3.8, 4) is 5.75 Å². The topological polar surface area (TPSA) is 75.7 Å². The van der Waals surface area contributed by atoms with Crippen molar-refractivity contribution in [3.63, 3.8) is 0 Å². The lowest BCUT2D eigenvalue weighted by Gasteiger charge is -2.24. The third-order valence-corrected chi connectivity index (χ3v) is 5.89. The summed E-state index contributed by atoms with van der Waals surface area (Å²) in [4.78, 5) is 12.3. The Balaban J connectivity index is 2.39.